The summed E-state index contributed by atoms with van der Waals surface area (Å²) in [6, 6.07) is 0. The fourth-order valence-electron chi connectivity index (χ4n) is 2.85. The van der Waals surface area contributed by atoms with Crippen molar-refractivity contribution in [2.75, 3.05) is 39.8 Å². The zero-order valence-corrected chi connectivity index (χ0v) is 12.2. The van der Waals surface area contributed by atoms with Crippen molar-refractivity contribution in [3.8, 4) is 0 Å². The van der Waals surface area contributed by atoms with Crippen LogP contribution in [0.3, 0.4) is 0 Å². The van der Waals surface area contributed by atoms with Crippen molar-refractivity contribution < 1.29 is 14.3 Å². The topological polar surface area (TPSA) is 70.7 Å². The highest BCUT2D eigenvalue weighted by Crippen LogP contribution is 2.16. The van der Waals surface area contributed by atoms with Gasteiger partial charge < -0.3 is 15.4 Å². The van der Waals surface area contributed by atoms with Gasteiger partial charge in [-0.15, -0.1) is 0 Å². The third kappa shape index (κ3) is 4.45. The van der Waals surface area contributed by atoms with Gasteiger partial charge in [-0.2, -0.15) is 0 Å². The van der Waals surface area contributed by atoms with Crippen LogP contribution in [0, 0.1) is 5.92 Å². The summed E-state index contributed by atoms with van der Waals surface area (Å²) in [6.07, 6.45) is 3.99. The molecule has 1 unspecified atom stereocenters. The fourth-order valence-corrected chi connectivity index (χ4v) is 2.85. The number of ether oxygens (including phenoxy) is 1. The van der Waals surface area contributed by atoms with Gasteiger partial charge in [-0.1, -0.05) is 0 Å². The third-order valence-corrected chi connectivity index (χ3v) is 4.12. The van der Waals surface area contributed by atoms with Crippen LogP contribution in [0.25, 0.3) is 0 Å². The molecule has 0 aromatic carbocycles. The van der Waals surface area contributed by atoms with Crippen LogP contribution in [0.15, 0.2) is 0 Å². The first kappa shape index (κ1) is 15.3. The van der Waals surface area contributed by atoms with E-state index in [2.05, 4.69) is 15.5 Å². The Morgan fingerprint density at radius 3 is 2.60 bits per heavy atom. The first-order valence-corrected chi connectivity index (χ1v) is 7.51. The molecule has 2 aliphatic rings. The normalized spacial score (nSPS) is 24.6. The molecule has 0 spiro atoms. The van der Waals surface area contributed by atoms with Gasteiger partial charge in [-0.05, 0) is 38.8 Å². The van der Waals surface area contributed by atoms with E-state index in [0.29, 0.717) is 13.1 Å². The van der Waals surface area contributed by atoms with Gasteiger partial charge in [-0.25, -0.2) is 0 Å². The predicted octanol–water partition coefficient (Wildman–Crippen LogP) is -0.260. The van der Waals surface area contributed by atoms with E-state index in [1.165, 1.54) is 0 Å². The molecule has 2 rings (SSSR count). The summed E-state index contributed by atoms with van der Waals surface area (Å²) in [5.41, 5.74) is 0. The molecule has 0 saturated carbocycles. The molecule has 2 heterocycles. The lowest BCUT2D eigenvalue weighted by Crippen LogP contribution is -2.45. The van der Waals surface area contributed by atoms with Gasteiger partial charge in [0.25, 0.3) is 0 Å². The number of nitrogens with one attached hydrogen (secondary N) is 2. The highest BCUT2D eigenvalue weighted by atomic mass is 16.5. The molecule has 6 heteroatoms. The second-order valence-corrected chi connectivity index (χ2v) is 5.60. The molecule has 2 saturated heterocycles. The lowest BCUT2D eigenvalue weighted by Gasteiger charge is -2.30. The lowest BCUT2D eigenvalue weighted by atomic mass is 9.96. The van der Waals surface area contributed by atoms with Crippen molar-refractivity contribution in [1.82, 2.24) is 15.5 Å². The van der Waals surface area contributed by atoms with E-state index in [4.69, 9.17) is 4.74 Å². The molecule has 2 amide bonds. The molecule has 0 radical (unpaired) electrons. The molecule has 0 aliphatic carbocycles. The van der Waals surface area contributed by atoms with Crippen molar-refractivity contribution >= 4 is 11.8 Å². The summed E-state index contributed by atoms with van der Waals surface area (Å²) < 4.78 is 5.47. The number of piperidine rings is 1. The summed E-state index contributed by atoms with van der Waals surface area (Å²) in [4.78, 5) is 25.5. The summed E-state index contributed by atoms with van der Waals surface area (Å²) in [6.45, 7) is 3.48. The SMILES string of the molecule is CNC(=O)C1CCN(CC(=O)NCC2CCCO2)CC1. The Morgan fingerprint density at radius 2 is 2.00 bits per heavy atom. The average Bonchev–Trinajstić information content (AvgIpc) is 2.98. The first-order valence-electron chi connectivity index (χ1n) is 7.51. The average molecular weight is 283 g/mol. The van der Waals surface area contributed by atoms with Crippen LogP contribution in [-0.2, 0) is 14.3 Å². The molecule has 6 nitrogen and oxygen atoms in total. The van der Waals surface area contributed by atoms with E-state index in [-0.39, 0.29) is 23.8 Å². The molecule has 114 valence electrons. The van der Waals surface area contributed by atoms with E-state index < -0.39 is 0 Å². The Balaban J connectivity index is 1.62. The van der Waals surface area contributed by atoms with Crippen LogP contribution in [0.2, 0.25) is 0 Å². The van der Waals surface area contributed by atoms with Crippen molar-refractivity contribution in [2.24, 2.45) is 5.92 Å². The maximum absolute atomic E-state index is 11.9. The lowest BCUT2D eigenvalue weighted by molar-refractivity contribution is -0.126. The van der Waals surface area contributed by atoms with Gasteiger partial charge in [0.2, 0.25) is 11.8 Å². The van der Waals surface area contributed by atoms with Crippen LogP contribution >= 0.6 is 0 Å². The predicted molar refractivity (Wildman–Crippen MR) is 75.2 cm³/mol. The number of likely N-dealkylation sites (tertiary alicyclic amines) is 1. The van der Waals surface area contributed by atoms with Gasteiger partial charge in [0.15, 0.2) is 0 Å². The van der Waals surface area contributed by atoms with Crippen molar-refractivity contribution in [2.45, 2.75) is 31.8 Å². The van der Waals surface area contributed by atoms with Crippen molar-refractivity contribution in [3.63, 3.8) is 0 Å². The van der Waals surface area contributed by atoms with Gasteiger partial charge in [-0.3, -0.25) is 14.5 Å². The highest BCUT2D eigenvalue weighted by Gasteiger charge is 2.25. The number of hydrogen-bond donors (Lipinski definition) is 2. The van der Waals surface area contributed by atoms with Crippen LogP contribution < -0.4 is 10.6 Å². The van der Waals surface area contributed by atoms with E-state index >= 15 is 0 Å². The summed E-state index contributed by atoms with van der Waals surface area (Å²) in [5.74, 6) is 0.276. The van der Waals surface area contributed by atoms with E-state index in [1.807, 2.05) is 0 Å². The van der Waals surface area contributed by atoms with Crippen LogP contribution in [0.1, 0.15) is 25.7 Å². The molecule has 2 N–H and O–H groups in total. The van der Waals surface area contributed by atoms with Crippen molar-refractivity contribution in [1.29, 1.82) is 0 Å². The second-order valence-electron chi connectivity index (χ2n) is 5.60. The molecular formula is C14H25N3O3. The molecular weight excluding hydrogens is 258 g/mol. The van der Waals surface area contributed by atoms with Gasteiger partial charge in [0.05, 0.1) is 12.6 Å². The zero-order chi connectivity index (χ0) is 14.4. The van der Waals surface area contributed by atoms with Crippen LogP contribution in [0.5, 0.6) is 0 Å². The highest BCUT2D eigenvalue weighted by molar-refractivity contribution is 5.79. The molecule has 0 bridgehead atoms. The van der Waals surface area contributed by atoms with E-state index in [1.54, 1.807) is 7.05 Å². The smallest absolute Gasteiger partial charge is 0.234 e. The van der Waals surface area contributed by atoms with Gasteiger partial charge in [0, 0.05) is 26.1 Å². The maximum atomic E-state index is 11.9. The first-order chi connectivity index (χ1) is 9.69. The summed E-state index contributed by atoms with van der Waals surface area (Å²) in [7, 11) is 1.67. The Kier molecular flexibility index (Phi) is 5.79. The Hall–Kier alpha value is -1.14. The number of nitrogens with zero attached hydrogens (tertiary/aromatic N) is 1. The zero-order valence-electron chi connectivity index (χ0n) is 12.2. The van der Waals surface area contributed by atoms with Crippen molar-refractivity contribution in [3.05, 3.63) is 0 Å². The van der Waals surface area contributed by atoms with Gasteiger partial charge in [0.1, 0.15) is 0 Å². The monoisotopic (exact) mass is 283 g/mol. The van der Waals surface area contributed by atoms with Gasteiger partial charge >= 0.3 is 0 Å². The standard InChI is InChI=1S/C14H25N3O3/c1-15-14(19)11-4-6-17(7-5-11)10-13(18)16-9-12-3-2-8-20-12/h11-12H,2-10H2,1H3,(H,15,19)(H,16,18). The molecule has 20 heavy (non-hydrogen) atoms. The number of amides is 2. The molecule has 0 aromatic heterocycles. The maximum Gasteiger partial charge on any atom is 0.234 e. The Bertz CT molecular complexity index is 335. The Morgan fingerprint density at radius 1 is 1.25 bits per heavy atom. The number of carbonyl (C=O) groups is 2. The Labute approximate surface area is 120 Å². The van der Waals surface area contributed by atoms with Crippen LogP contribution in [-0.4, -0.2) is 62.7 Å². The summed E-state index contributed by atoms with van der Waals surface area (Å²) in [5, 5.41) is 5.62. The number of hydrogen-bond acceptors (Lipinski definition) is 4. The molecule has 1 atom stereocenters. The second kappa shape index (κ2) is 7.59. The minimum atomic E-state index is 0.0545. The number of carbonyl (C=O) groups excluding carboxylic acids is 2. The minimum absolute atomic E-state index is 0.0545. The third-order valence-electron chi connectivity index (χ3n) is 4.12. The quantitative estimate of drug-likeness (QED) is 0.729. The summed E-state index contributed by atoms with van der Waals surface area (Å²) >= 11 is 0. The fraction of sp³-hybridized carbons (Fsp3) is 0.857. The molecule has 2 aliphatic heterocycles. The molecule has 2 fully saturated rings. The van der Waals surface area contributed by atoms with E-state index in [9.17, 15) is 9.59 Å². The molecule has 0 aromatic rings. The largest absolute Gasteiger partial charge is 0.376 e. The van der Waals surface area contributed by atoms with Crippen LogP contribution in [0.4, 0.5) is 0 Å². The van der Waals surface area contributed by atoms with E-state index in [0.717, 1.165) is 45.4 Å². The minimum Gasteiger partial charge on any atom is -0.376 e. The number of rotatable bonds is 5.